The predicted molar refractivity (Wildman–Crippen MR) is 146 cm³/mol. The number of hydrogen-bond acceptors (Lipinski definition) is 6. The number of rotatable bonds is 6. The number of ketones is 1. The summed E-state index contributed by atoms with van der Waals surface area (Å²) in [4.78, 5) is 27.6. The first-order valence-electron chi connectivity index (χ1n) is 13.5. The van der Waals surface area contributed by atoms with Gasteiger partial charge in [0.15, 0.2) is 17.3 Å². The third-order valence-electron chi connectivity index (χ3n) is 7.83. The first kappa shape index (κ1) is 26.4. The van der Waals surface area contributed by atoms with Gasteiger partial charge in [-0.1, -0.05) is 48.4 Å². The zero-order valence-corrected chi connectivity index (χ0v) is 22.6. The van der Waals surface area contributed by atoms with Gasteiger partial charge in [-0.15, -0.1) is 0 Å². The summed E-state index contributed by atoms with van der Waals surface area (Å²) in [7, 11) is 0. The molecule has 0 radical (unpaired) electrons. The number of esters is 1. The van der Waals surface area contributed by atoms with E-state index in [1.165, 1.54) is 0 Å². The number of ether oxygens (including phenoxy) is 2. The summed E-state index contributed by atoms with van der Waals surface area (Å²) in [6, 6.07) is 13.3. The van der Waals surface area contributed by atoms with E-state index in [2.05, 4.69) is 5.32 Å². The highest BCUT2D eigenvalue weighted by Crippen LogP contribution is 2.48. The lowest BCUT2D eigenvalue weighted by Gasteiger charge is -2.37. The van der Waals surface area contributed by atoms with Crippen molar-refractivity contribution in [3.63, 3.8) is 0 Å². The van der Waals surface area contributed by atoms with Crippen molar-refractivity contribution in [3.8, 4) is 11.5 Å². The van der Waals surface area contributed by atoms with Gasteiger partial charge >= 0.3 is 5.97 Å². The molecule has 1 fully saturated rings. The molecular weight excluding hydrogens is 502 g/mol. The number of carbonyl (C=O) groups excluding carboxylic acids is 2. The molecule has 7 heteroatoms. The topological polar surface area (TPSA) is 84.9 Å². The normalized spacial score (nSPS) is 22.1. The molecule has 0 unspecified atom stereocenters. The SMILES string of the molecule is CCOc1cc([C@H]2C(C(=O)OC3CCCCC3)=C(C)NC3=C2C(=O)C[C@H](c2ccccc2)C3)cc(Cl)c1O. The fraction of sp³-hybridized carbons (Fsp3) is 0.419. The molecule has 3 aliphatic rings. The highest BCUT2D eigenvalue weighted by Gasteiger charge is 2.42. The largest absolute Gasteiger partial charge is 0.503 e. The van der Waals surface area contributed by atoms with Crippen molar-refractivity contribution in [2.45, 2.75) is 76.7 Å². The molecule has 2 N–H and O–H groups in total. The summed E-state index contributed by atoms with van der Waals surface area (Å²) in [6.07, 6.45) is 5.79. The van der Waals surface area contributed by atoms with E-state index < -0.39 is 11.9 Å². The van der Waals surface area contributed by atoms with Gasteiger partial charge in [-0.05, 0) is 75.1 Å². The first-order chi connectivity index (χ1) is 18.4. The number of halogens is 1. The molecule has 1 aliphatic heterocycles. The minimum Gasteiger partial charge on any atom is -0.503 e. The fourth-order valence-corrected chi connectivity index (χ4v) is 6.25. The van der Waals surface area contributed by atoms with Crippen LogP contribution in [0.3, 0.4) is 0 Å². The lowest BCUT2D eigenvalue weighted by atomic mass is 9.71. The van der Waals surface area contributed by atoms with Gasteiger partial charge in [0, 0.05) is 29.3 Å². The van der Waals surface area contributed by atoms with Crippen molar-refractivity contribution in [1.29, 1.82) is 0 Å². The maximum Gasteiger partial charge on any atom is 0.337 e. The Hall–Kier alpha value is -3.25. The van der Waals surface area contributed by atoms with Gasteiger partial charge in [0.2, 0.25) is 0 Å². The van der Waals surface area contributed by atoms with Gasteiger partial charge in [0.25, 0.3) is 0 Å². The van der Waals surface area contributed by atoms with Crippen LogP contribution >= 0.6 is 11.6 Å². The van der Waals surface area contributed by atoms with Crippen LogP contribution in [0.15, 0.2) is 65.0 Å². The summed E-state index contributed by atoms with van der Waals surface area (Å²) >= 11 is 6.43. The van der Waals surface area contributed by atoms with Gasteiger partial charge in [0.1, 0.15) is 6.10 Å². The average Bonchev–Trinajstić information content (AvgIpc) is 2.91. The van der Waals surface area contributed by atoms with Gasteiger partial charge in [-0.2, -0.15) is 0 Å². The van der Waals surface area contributed by atoms with E-state index in [9.17, 15) is 14.7 Å². The van der Waals surface area contributed by atoms with E-state index in [4.69, 9.17) is 21.1 Å². The van der Waals surface area contributed by atoms with Crippen molar-refractivity contribution in [1.82, 2.24) is 5.32 Å². The van der Waals surface area contributed by atoms with Crippen molar-refractivity contribution in [3.05, 3.63) is 81.2 Å². The number of carbonyl (C=O) groups is 2. The monoisotopic (exact) mass is 535 g/mol. The molecule has 1 heterocycles. The second kappa shape index (κ2) is 11.2. The third kappa shape index (κ3) is 5.19. The Morgan fingerprint density at radius 1 is 1.08 bits per heavy atom. The maximum atomic E-state index is 13.8. The molecule has 6 nitrogen and oxygen atoms in total. The minimum absolute atomic E-state index is 0.0183. The summed E-state index contributed by atoms with van der Waals surface area (Å²) in [5.74, 6) is -1.01. The summed E-state index contributed by atoms with van der Waals surface area (Å²) in [5.41, 5.74) is 4.17. The number of aromatic hydroxyl groups is 1. The maximum absolute atomic E-state index is 13.8. The number of phenols is 1. The lowest BCUT2D eigenvalue weighted by molar-refractivity contribution is -0.146. The fourth-order valence-electron chi connectivity index (χ4n) is 6.03. The minimum atomic E-state index is -0.677. The van der Waals surface area contributed by atoms with E-state index in [0.717, 1.165) is 43.4 Å². The van der Waals surface area contributed by atoms with Crippen LogP contribution in [0.2, 0.25) is 5.02 Å². The molecule has 0 spiro atoms. The van der Waals surface area contributed by atoms with E-state index in [0.29, 0.717) is 41.9 Å². The van der Waals surface area contributed by atoms with Gasteiger partial charge < -0.3 is 19.9 Å². The first-order valence-corrected chi connectivity index (χ1v) is 13.9. The molecule has 2 aromatic carbocycles. The van der Waals surface area contributed by atoms with Crippen molar-refractivity contribution >= 4 is 23.4 Å². The van der Waals surface area contributed by atoms with Crippen molar-refractivity contribution in [2.24, 2.45) is 0 Å². The van der Waals surface area contributed by atoms with E-state index in [1.54, 1.807) is 12.1 Å². The van der Waals surface area contributed by atoms with Crippen LogP contribution in [-0.4, -0.2) is 29.6 Å². The second-order valence-electron chi connectivity index (χ2n) is 10.4. The number of Topliss-reactive ketones (excluding diaryl/α,β-unsaturated/α-hetero) is 1. The van der Waals surface area contributed by atoms with Crippen molar-refractivity contribution in [2.75, 3.05) is 6.61 Å². The molecule has 200 valence electrons. The molecule has 0 amide bonds. The summed E-state index contributed by atoms with van der Waals surface area (Å²) in [6.45, 7) is 4.00. The van der Waals surface area contributed by atoms with Gasteiger partial charge in [0.05, 0.1) is 17.2 Å². The molecular formula is C31H34ClNO5. The van der Waals surface area contributed by atoms with Crippen LogP contribution in [0.4, 0.5) is 0 Å². The molecule has 2 aliphatic carbocycles. The standard InChI is InChI=1S/C31H34ClNO5/c1-3-37-26-17-21(14-23(32)30(26)35)28-27(31(36)38-22-12-8-5-9-13-22)18(2)33-24-15-20(16-25(34)29(24)28)19-10-6-4-7-11-19/h4,6-7,10-11,14,17,20,22,28,33,35H,3,5,8-9,12-13,15-16H2,1-2H3/t20-,28+/m1/s1. The second-order valence-corrected chi connectivity index (χ2v) is 10.8. The molecule has 1 saturated carbocycles. The number of hydrogen-bond donors (Lipinski definition) is 2. The molecule has 2 atom stereocenters. The van der Waals surface area contributed by atoms with Crippen LogP contribution < -0.4 is 10.1 Å². The van der Waals surface area contributed by atoms with Crippen LogP contribution in [0.1, 0.15) is 81.8 Å². The smallest absolute Gasteiger partial charge is 0.337 e. The molecule has 0 saturated heterocycles. The van der Waals surface area contributed by atoms with Gasteiger partial charge in [-0.25, -0.2) is 4.79 Å². The Kier molecular flexibility index (Phi) is 7.80. The molecule has 38 heavy (non-hydrogen) atoms. The lowest BCUT2D eigenvalue weighted by Crippen LogP contribution is -2.37. The van der Waals surface area contributed by atoms with E-state index in [1.807, 2.05) is 44.2 Å². The zero-order chi connectivity index (χ0) is 26.8. The molecule has 0 bridgehead atoms. The number of dihydropyridines is 1. The Morgan fingerprint density at radius 2 is 1.82 bits per heavy atom. The number of nitrogens with one attached hydrogen (secondary N) is 1. The van der Waals surface area contributed by atoms with Crippen LogP contribution in [0.5, 0.6) is 11.5 Å². The van der Waals surface area contributed by atoms with Crippen LogP contribution in [0, 0.1) is 0 Å². The highest BCUT2D eigenvalue weighted by molar-refractivity contribution is 6.32. The Morgan fingerprint density at radius 3 is 2.53 bits per heavy atom. The van der Waals surface area contributed by atoms with E-state index >= 15 is 0 Å². The number of phenolic OH excluding ortho intramolecular Hbond substituents is 1. The molecule has 5 rings (SSSR count). The Labute approximate surface area is 228 Å². The zero-order valence-electron chi connectivity index (χ0n) is 21.9. The third-order valence-corrected chi connectivity index (χ3v) is 8.12. The highest BCUT2D eigenvalue weighted by atomic mass is 35.5. The predicted octanol–water partition coefficient (Wildman–Crippen LogP) is 6.68. The quantitative estimate of drug-likeness (QED) is 0.401. The Bertz CT molecular complexity index is 1290. The number of allylic oxidation sites excluding steroid dienone is 3. The Balaban J connectivity index is 1.59. The molecule has 2 aromatic rings. The number of benzene rings is 2. The van der Waals surface area contributed by atoms with Crippen LogP contribution in [0.25, 0.3) is 0 Å². The van der Waals surface area contributed by atoms with Crippen molar-refractivity contribution < 1.29 is 24.2 Å². The van der Waals surface area contributed by atoms with Crippen LogP contribution in [-0.2, 0) is 14.3 Å². The summed E-state index contributed by atoms with van der Waals surface area (Å²) < 4.78 is 11.7. The summed E-state index contributed by atoms with van der Waals surface area (Å²) in [5, 5.41) is 14.0. The van der Waals surface area contributed by atoms with Gasteiger partial charge in [-0.3, -0.25) is 4.79 Å². The van der Waals surface area contributed by atoms with E-state index in [-0.39, 0.29) is 34.3 Å². The molecule has 0 aromatic heterocycles. The average molecular weight is 536 g/mol.